The molecule has 7 atom stereocenters. The maximum atomic E-state index is 12.5. The van der Waals surface area contributed by atoms with Crippen LogP contribution in [-0.2, 0) is 9.59 Å². The van der Waals surface area contributed by atoms with Gasteiger partial charge in [-0.05, 0) is 31.5 Å². The average Bonchev–Trinajstić information content (AvgIpc) is 3.32. The zero-order valence-electron chi connectivity index (χ0n) is 19.4. The largest absolute Gasteiger partial charge is 0.478 e. The first-order valence-corrected chi connectivity index (χ1v) is 12.2. The number of carboxylic acids is 2. The van der Waals surface area contributed by atoms with Gasteiger partial charge in [-0.25, -0.2) is 14.4 Å². The number of aliphatic hydroxyl groups is 2. The third kappa shape index (κ3) is 4.38. The maximum absolute atomic E-state index is 12.5. The summed E-state index contributed by atoms with van der Waals surface area (Å²) in [4.78, 5) is 50.4. The molecule has 12 nitrogen and oxygen atoms in total. The lowest BCUT2D eigenvalue weighted by molar-refractivity contribution is -0.163. The highest BCUT2D eigenvalue weighted by Crippen LogP contribution is 2.52. The summed E-state index contributed by atoms with van der Waals surface area (Å²) in [7, 11) is 0. The number of rotatable bonds is 8. The Morgan fingerprint density at radius 1 is 1.14 bits per heavy atom. The Morgan fingerprint density at radius 2 is 1.83 bits per heavy atom. The van der Waals surface area contributed by atoms with Crippen molar-refractivity contribution in [2.45, 2.75) is 49.9 Å². The third-order valence-corrected chi connectivity index (χ3v) is 8.44. The van der Waals surface area contributed by atoms with Crippen LogP contribution in [-0.4, -0.2) is 95.5 Å². The highest BCUT2D eigenvalue weighted by molar-refractivity contribution is 8.03. The standard InChI is InChI=1S/C23H27N3O9S/c1-9-16-15(10(2)27)20(29)26(16)17(22(32)33)18(9)36-13-7-14(25(8-13)23(34)35)19(28)24-12-5-3-4-11(6-12)21(30)31/h3-6,9-10,13-16,19,24,27-28H,7-8H2,1-2H3,(H,30,31)(H,32,33)(H,34,35). The fourth-order valence-corrected chi connectivity index (χ4v) is 6.84. The topological polar surface area (TPSA) is 188 Å². The van der Waals surface area contributed by atoms with Crippen LogP contribution in [0.5, 0.6) is 0 Å². The van der Waals surface area contributed by atoms with Crippen LogP contribution in [0.1, 0.15) is 30.6 Å². The monoisotopic (exact) mass is 521 g/mol. The van der Waals surface area contributed by atoms with Crippen LogP contribution >= 0.6 is 11.8 Å². The SMILES string of the molecule is CC(O)C1C(=O)N2C(C(=O)O)=C(SC3CC(C(O)Nc4cccc(C(=O)O)c4)N(C(=O)O)C3)C(C)C12. The number of aliphatic carboxylic acids is 1. The lowest BCUT2D eigenvalue weighted by Crippen LogP contribution is -2.63. The van der Waals surface area contributed by atoms with E-state index in [0.717, 1.165) is 4.90 Å². The zero-order valence-corrected chi connectivity index (χ0v) is 20.3. The number of carbonyl (C=O) groups excluding carboxylic acids is 1. The predicted octanol–water partition coefficient (Wildman–Crippen LogP) is 1.12. The van der Waals surface area contributed by atoms with Crippen LogP contribution in [0.3, 0.4) is 0 Å². The van der Waals surface area contributed by atoms with E-state index >= 15 is 0 Å². The minimum absolute atomic E-state index is 0.000169. The lowest BCUT2D eigenvalue weighted by Gasteiger charge is -2.46. The van der Waals surface area contributed by atoms with Crippen LogP contribution in [0.15, 0.2) is 34.9 Å². The van der Waals surface area contributed by atoms with E-state index in [1.807, 2.05) is 0 Å². The molecular weight excluding hydrogens is 494 g/mol. The van der Waals surface area contributed by atoms with Crippen molar-refractivity contribution in [3.05, 3.63) is 40.4 Å². The molecule has 13 heteroatoms. The average molecular weight is 522 g/mol. The molecule has 0 aromatic heterocycles. The van der Waals surface area contributed by atoms with Gasteiger partial charge in [-0.3, -0.25) is 9.69 Å². The van der Waals surface area contributed by atoms with Crippen molar-refractivity contribution in [3.63, 3.8) is 0 Å². The number of aromatic carboxylic acids is 1. The van der Waals surface area contributed by atoms with Crippen molar-refractivity contribution in [3.8, 4) is 0 Å². The second-order valence-electron chi connectivity index (χ2n) is 9.22. The predicted molar refractivity (Wildman–Crippen MR) is 127 cm³/mol. The summed E-state index contributed by atoms with van der Waals surface area (Å²) in [5.41, 5.74) is 0.158. The fraction of sp³-hybridized carbons (Fsp3) is 0.478. The number of β-lactam (4-membered cyclic amide) rings is 1. The van der Waals surface area contributed by atoms with Gasteiger partial charge in [0.1, 0.15) is 11.9 Å². The van der Waals surface area contributed by atoms with Gasteiger partial charge in [0.25, 0.3) is 0 Å². The minimum Gasteiger partial charge on any atom is -0.478 e. The number of carbonyl (C=O) groups is 4. The Kier molecular flexibility index (Phi) is 6.90. The van der Waals surface area contributed by atoms with E-state index in [0.29, 0.717) is 10.6 Å². The van der Waals surface area contributed by atoms with Gasteiger partial charge in [-0.1, -0.05) is 13.0 Å². The molecule has 0 spiro atoms. The van der Waals surface area contributed by atoms with Gasteiger partial charge in [0.05, 0.1) is 29.7 Å². The summed E-state index contributed by atoms with van der Waals surface area (Å²) in [5.74, 6) is -3.93. The molecule has 0 bridgehead atoms. The van der Waals surface area contributed by atoms with Crippen LogP contribution in [0.25, 0.3) is 0 Å². The molecule has 0 aliphatic carbocycles. The number of nitrogens with zero attached hydrogens (tertiary/aromatic N) is 2. The quantitative estimate of drug-likeness (QED) is 0.212. The van der Waals surface area contributed by atoms with E-state index < -0.39 is 59.5 Å². The summed E-state index contributed by atoms with van der Waals surface area (Å²) < 4.78 is 0. The number of nitrogens with one attached hydrogen (secondary N) is 1. The van der Waals surface area contributed by atoms with Crippen molar-refractivity contribution < 1.29 is 44.7 Å². The van der Waals surface area contributed by atoms with E-state index in [1.54, 1.807) is 13.0 Å². The molecule has 3 heterocycles. The molecule has 194 valence electrons. The summed E-state index contributed by atoms with van der Waals surface area (Å²) in [6.07, 6.45) is -3.36. The van der Waals surface area contributed by atoms with Gasteiger partial charge >= 0.3 is 18.0 Å². The van der Waals surface area contributed by atoms with Crippen molar-refractivity contribution >= 4 is 41.4 Å². The van der Waals surface area contributed by atoms with E-state index in [-0.39, 0.29) is 30.1 Å². The second kappa shape index (κ2) is 9.64. The normalized spacial score (nSPS) is 29.0. The molecule has 2 saturated heterocycles. The Labute approximate surface area is 210 Å². The van der Waals surface area contributed by atoms with Gasteiger partial charge in [-0.2, -0.15) is 0 Å². The molecule has 6 N–H and O–H groups in total. The number of benzene rings is 1. The summed E-state index contributed by atoms with van der Waals surface area (Å²) in [5, 5.41) is 51.8. The molecule has 36 heavy (non-hydrogen) atoms. The summed E-state index contributed by atoms with van der Waals surface area (Å²) in [6, 6.07) is 4.38. The fourth-order valence-electron chi connectivity index (χ4n) is 5.30. The number of carboxylic acid groups (broad SMARTS) is 3. The van der Waals surface area contributed by atoms with Gasteiger partial charge in [0, 0.05) is 28.3 Å². The van der Waals surface area contributed by atoms with Crippen molar-refractivity contribution in [1.82, 2.24) is 9.80 Å². The number of hydrogen-bond acceptors (Lipinski definition) is 8. The van der Waals surface area contributed by atoms with Gasteiger partial charge in [0.15, 0.2) is 0 Å². The first kappa shape index (κ1) is 25.8. The van der Waals surface area contributed by atoms with E-state index in [9.17, 15) is 39.6 Å². The van der Waals surface area contributed by atoms with E-state index in [4.69, 9.17) is 5.11 Å². The number of fused-ring (bicyclic) bond motifs is 1. The van der Waals surface area contributed by atoms with Gasteiger partial charge < -0.3 is 35.7 Å². The van der Waals surface area contributed by atoms with Gasteiger partial charge in [0.2, 0.25) is 5.91 Å². The number of amides is 2. The van der Waals surface area contributed by atoms with Gasteiger partial charge in [-0.15, -0.1) is 11.8 Å². The molecule has 2 amide bonds. The number of aliphatic hydroxyl groups excluding tert-OH is 2. The molecule has 4 rings (SSSR count). The zero-order chi connectivity index (χ0) is 26.5. The second-order valence-corrected chi connectivity index (χ2v) is 10.6. The Morgan fingerprint density at radius 3 is 2.42 bits per heavy atom. The van der Waals surface area contributed by atoms with Crippen molar-refractivity contribution in [1.29, 1.82) is 0 Å². The molecule has 2 fully saturated rings. The number of hydrogen-bond donors (Lipinski definition) is 6. The molecule has 3 aliphatic heterocycles. The Hall–Kier alpha value is -3.29. The number of thioether (sulfide) groups is 1. The lowest BCUT2D eigenvalue weighted by atomic mass is 9.79. The smallest absolute Gasteiger partial charge is 0.407 e. The molecule has 3 aliphatic rings. The van der Waals surface area contributed by atoms with Crippen molar-refractivity contribution in [2.75, 3.05) is 11.9 Å². The molecule has 0 radical (unpaired) electrons. The maximum Gasteiger partial charge on any atom is 0.407 e. The first-order chi connectivity index (χ1) is 16.9. The summed E-state index contributed by atoms with van der Waals surface area (Å²) >= 11 is 1.18. The highest BCUT2D eigenvalue weighted by Gasteiger charge is 2.60. The highest BCUT2D eigenvalue weighted by atomic mass is 32.2. The molecular formula is C23H27N3O9S. The Bertz CT molecular complexity index is 1140. The number of anilines is 1. The first-order valence-electron chi connectivity index (χ1n) is 11.3. The summed E-state index contributed by atoms with van der Waals surface area (Å²) in [6.45, 7) is 3.29. The number of likely N-dealkylation sites (tertiary alicyclic amines) is 1. The van der Waals surface area contributed by atoms with Crippen LogP contribution < -0.4 is 5.32 Å². The van der Waals surface area contributed by atoms with Crippen molar-refractivity contribution in [2.24, 2.45) is 11.8 Å². The molecule has 7 unspecified atom stereocenters. The molecule has 1 aromatic carbocycles. The Balaban J connectivity index is 1.53. The van der Waals surface area contributed by atoms with Crippen LogP contribution in [0.2, 0.25) is 0 Å². The van der Waals surface area contributed by atoms with Crippen LogP contribution in [0, 0.1) is 11.8 Å². The van der Waals surface area contributed by atoms with E-state index in [2.05, 4.69) is 5.32 Å². The third-order valence-electron chi connectivity index (χ3n) is 6.94. The van der Waals surface area contributed by atoms with Crippen LogP contribution in [0.4, 0.5) is 10.5 Å². The molecule has 1 aromatic rings. The van der Waals surface area contributed by atoms with E-state index in [1.165, 1.54) is 41.8 Å². The molecule has 0 saturated carbocycles. The minimum atomic E-state index is -1.36.